The maximum atomic E-state index is 4.34. The summed E-state index contributed by atoms with van der Waals surface area (Å²) >= 11 is 0. The van der Waals surface area contributed by atoms with Gasteiger partial charge in [0.1, 0.15) is 0 Å². The highest BCUT2D eigenvalue weighted by Gasteiger charge is 1.85. The van der Waals surface area contributed by atoms with E-state index in [1.54, 1.807) is 0 Å². The highest BCUT2D eigenvalue weighted by Crippen LogP contribution is 1.97. The monoisotopic (exact) mass is 151 g/mol. The minimum Gasteiger partial charge on any atom is -0.259 e. The van der Waals surface area contributed by atoms with Crippen molar-refractivity contribution < 1.29 is 0 Å². The van der Waals surface area contributed by atoms with Gasteiger partial charge in [-0.1, -0.05) is 11.6 Å². The van der Waals surface area contributed by atoms with Crippen molar-refractivity contribution in [1.29, 1.82) is 0 Å². The summed E-state index contributed by atoms with van der Waals surface area (Å²) in [6, 6.07) is 0. The summed E-state index contributed by atoms with van der Waals surface area (Å²) in [7, 11) is 0. The van der Waals surface area contributed by atoms with Gasteiger partial charge in [0, 0.05) is 11.4 Å². The first-order valence-electron chi connectivity index (χ1n) is 3.89. The predicted molar refractivity (Wildman–Crippen MR) is 52.0 cm³/mol. The van der Waals surface area contributed by atoms with Gasteiger partial charge in [0.25, 0.3) is 0 Å². The molecule has 0 aromatic rings. The van der Waals surface area contributed by atoms with Crippen molar-refractivity contribution >= 4 is 5.71 Å². The zero-order chi connectivity index (χ0) is 8.85. The van der Waals surface area contributed by atoms with Gasteiger partial charge >= 0.3 is 0 Å². The topological polar surface area (TPSA) is 12.4 Å². The van der Waals surface area contributed by atoms with Crippen LogP contribution in [0.4, 0.5) is 0 Å². The smallest absolute Gasteiger partial charge is 0.0375 e. The number of nitrogens with zero attached hydrogens (tertiary/aromatic N) is 1. The lowest BCUT2D eigenvalue weighted by Gasteiger charge is -1.94. The van der Waals surface area contributed by atoms with Crippen LogP contribution in [0, 0.1) is 0 Å². The summed E-state index contributed by atoms with van der Waals surface area (Å²) in [6.07, 6.45) is 4.08. The van der Waals surface area contributed by atoms with E-state index in [2.05, 4.69) is 24.9 Å². The Morgan fingerprint density at radius 2 is 1.64 bits per heavy atom. The number of rotatable bonds is 2. The fourth-order valence-electron chi connectivity index (χ4n) is 0.793. The summed E-state index contributed by atoms with van der Waals surface area (Å²) in [4.78, 5) is 4.34. The van der Waals surface area contributed by atoms with Crippen molar-refractivity contribution in [2.24, 2.45) is 4.99 Å². The average molecular weight is 151 g/mol. The summed E-state index contributed by atoms with van der Waals surface area (Å²) in [5, 5.41) is 0. The van der Waals surface area contributed by atoms with E-state index in [1.165, 1.54) is 5.57 Å². The minimum atomic E-state index is 1.07. The van der Waals surface area contributed by atoms with Crippen LogP contribution in [0.5, 0.6) is 0 Å². The van der Waals surface area contributed by atoms with Gasteiger partial charge in [0.2, 0.25) is 0 Å². The highest BCUT2D eigenvalue weighted by molar-refractivity contribution is 5.93. The molecule has 1 nitrogen and oxygen atoms in total. The van der Waals surface area contributed by atoms with Crippen molar-refractivity contribution in [3.63, 3.8) is 0 Å². The van der Waals surface area contributed by atoms with E-state index in [4.69, 9.17) is 0 Å². The molecule has 0 amide bonds. The molecule has 0 saturated carbocycles. The van der Waals surface area contributed by atoms with Crippen molar-refractivity contribution in [2.75, 3.05) is 0 Å². The Morgan fingerprint density at radius 3 is 2.00 bits per heavy atom. The Hall–Kier alpha value is -0.850. The molecule has 0 radical (unpaired) electrons. The van der Waals surface area contributed by atoms with Crippen molar-refractivity contribution in [2.45, 2.75) is 34.6 Å². The molecular weight excluding hydrogens is 134 g/mol. The van der Waals surface area contributed by atoms with Gasteiger partial charge < -0.3 is 0 Å². The first-order valence-corrected chi connectivity index (χ1v) is 3.89. The van der Waals surface area contributed by atoms with Crippen molar-refractivity contribution in [3.8, 4) is 0 Å². The van der Waals surface area contributed by atoms with Gasteiger partial charge in [-0.15, -0.1) is 0 Å². The van der Waals surface area contributed by atoms with E-state index in [9.17, 15) is 0 Å². The maximum Gasteiger partial charge on any atom is 0.0375 e. The molecule has 0 N–H and O–H groups in total. The van der Waals surface area contributed by atoms with Gasteiger partial charge in [-0.25, -0.2) is 0 Å². The molecule has 0 saturated heterocycles. The molecule has 0 aliphatic carbocycles. The van der Waals surface area contributed by atoms with Gasteiger partial charge in [-0.3, -0.25) is 4.99 Å². The van der Waals surface area contributed by atoms with E-state index in [1.807, 2.05) is 26.8 Å². The largest absolute Gasteiger partial charge is 0.259 e. The molecule has 0 spiro atoms. The van der Waals surface area contributed by atoms with Gasteiger partial charge in [0.05, 0.1) is 0 Å². The third-order valence-electron chi connectivity index (χ3n) is 1.27. The van der Waals surface area contributed by atoms with E-state index in [0.29, 0.717) is 0 Å². The van der Waals surface area contributed by atoms with Crippen LogP contribution >= 0.6 is 0 Å². The lowest BCUT2D eigenvalue weighted by Crippen LogP contribution is -1.86. The van der Waals surface area contributed by atoms with Crippen molar-refractivity contribution in [1.82, 2.24) is 0 Å². The van der Waals surface area contributed by atoms with Crippen LogP contribution in [-0.4, -0.2) is 5.71 Å². The van der Waals surface area contributed by atoms with E-state index >= 15 is 0 Å². The molecule has 0 unspecified atom stereocenters. The molecule has 0 bridgehead atoms. The van der Waals surface area contributed by atoms with Crippen LogP contribution in [-0.2, 0) is 0 Å². The lowest BCUT2D eigenvalue weighted by atomic mass is 10.2. The van der Waals surface area contributed by atoms with Gasteiger partial charge in [-0.05, 0) is 40.7 Å². The third kappa shape index (κ3) is 5.59. The molecule has 0 fully saturated rings. The summed E-state index contributed by atoms with van der Waals surface area (Å²) < 4.78 is 0. The van der Waals surface area contributed by atoms with Gasteiger partial charge in [0.15, 0.2) is 0 Å². The van der Waals surface area contributed by atoms with Gasteiger partial charge in [-0.2, -0.15) is 0 Å². The maximum absolute atomic E-state index is 4.34. The van der Waals surface area contributed by atoms with Crippen molar-refractivity contribution in [3.05, 3.63) is 23.4 Å². The van der Waals surface area contributed by atoms with E-state index < -0.39 is 0 Å². The van der Waals surface area contributed by atoms with Crippen LogP contribution in [0.15, 0.2) is 28.4 Å². The third-order valence-corrected chi connectivity index (χ3v) is 1.27. The first kappa shape index (κ1) is 10.2. The number of aliphatic imine (C=N–C) groups is 1. The first-order chi connectivity index (χ1) is 5.06. The minimum absolute atomic E-state index is 1.07. The quantitative estimate of drug-likeness (QED) is 0.537. The molecule has 0 aromatic heterocycles. The van der Waals surface area contributed by atoms with Crippen LogP contribution in [0.3, 0.4) is 0 Å². The Bertz CT molecular complexity index is 203. The number of hydrogen-bond donors (Lipinski definition) is 0. The second-order valence-corrected chi connectivity index (χ2v) is 2.90. The van der Waals surface area contributed by atoms with Crippen LogP contribution < -0.4 is 0 Å². The Morgan fingerprint density at radius 1 is 1.09 bits per heavy atom. The normalized spacial score (nSPS) is 13.2. The zero-order valence-electron chi connectivity index (χ0n) is 8.10. The van der Waals surface area contributed by atoms with E-state index in [0.717, 1.165) is 11.4 Å². The molecule has 0 rings (SSSR count). The second kappa shape index (κ2) is 4.89. The zero-order valence-corrected chi connectivity index (χ0v) is 8.10. The molecule has 0 heterocycles. The molecule has 0 aromatic carbocycles. The van der Waals surface area contributed by atoms with E-state index in [-0.39, 0.29) is 0 Å². The SMILES string of the molecule is C/C=C(C)/N=C(/C)C=C(C)C. The van der Waals surface area contributed by atoms with Crippen LogP contribution in [0.25, 0.3) is 0 Å². The molecule has 0 aliphatic heterocycles. The van der Waals surface area contributed by atoms with Crippen LogP contribution in [0.2, 0.25) is 0 Å². The molecule has 62 valence electrons. The second-order valence-electron chi connectivity index (χ2n) is 2.90. The fraction of sp³-hybridized carbons (Fsp3) is 0.500. The molecular formula is C10H17N. The highest BCUT2D eigenvalue weighted by atomic mass is 14.7. The average Bonchev–Trinajstić information content (AvgIpc) is 1.85. The van der Waals surface area contributed by atoms with Crippen LogP contribution in [0.1, 0.15) is 34.6 Å². The Balaban J connectivity index is 4.36. The molecule has 11 heavy (non-hydrogen) atoms. The summed E-state index contributed by atoms with van der Waals surface area (Å²) in [6.45, 7) is 10.2. The fourth-order valence-corrected chi connectivity index (χ4v) is 0.793. The summed E-state index contributed by atoms with van der Waals surface area (Å²) in [5.41, 5.74) is 3.43. The number of allylic oxidation sites excluding steroid dienone is 4. The lowest BCUT2D eigenvalue weighted by molar-refractivity contribution is 1.27. The predicted octanol–water partition coefficient (Wildman–Crippen LogP) is 3.34. The summed E-state index contributed by atoms with van der Waals surface area (Å²) in [5.74, 6) is 0. The molecule has 1 heteroatoms. The standard InChI is InChI=1S/C10H17N/c1-6-9(4)11-10(5)7-8(2)3/h6-7H,1-5H3/b9-6+,11-10-. The Labute approximate surface area is 69.5 Å². The molecule has 0 atom stereocenters. The number of hydrogen-bond acceptors (Lipinski definition) is 1. The molecule has 0 aliphatic rings. The Kier molecular flexibility index (Phi) is 4.51.